The predicted molar refractivity (Wildman–Crippen MR) is 79.5 cm³/mol. The highest BCUT2D eigenvalue weighted by atomic mass is 16.5. The van der Waals surface area contributed by atoms with Crippen LogP contribution >= 0.6 is 0 Å². The molecule has 1 aliphatic rings. The van der Waals surface area contributed by atoms with Crippen LogP contribution in [-0.2, 0) is 4.79 Å². The highest BCUT2D eigenvalue weighted by Crippen LogP contribution is 2.38. The van der Waals surface area contributed by atoms with E-state index in [0.717, 1.165) is 5.69 Å². The standard InChI is InChI=1S/C16H20N2O3/c1-3-16(15(19)20)6-8-18(9-7-16)14-10-13(21-2)5-4-12(14)11-17/h4-5,10H,3,6-9H2,1-2H3,(H,19,20). The first-order valence-corrected chi connectivity index (χ1v) is 7.13. The summed E-state index contributed by atoms with van der Waals surface area (Å²) in [5, 5.41) is 18.7. The first-order chi connectivity index (χ1) is 10.1. The molecule has 1 aromatic carbocycles. The summed E-state index contributed by atoms with van der Waals surface area (Å²) in [5.74, 6) is -0.00892. The smallest absolute Gasteiger partial charge is 0.309 e. The number of rotatable bonds is 4. The van der Waals surface area contributed by atoms with Crippen LogP contribution in [0.4, 0.5) is 5.69 Å². The van der Waals surface area contributed by atoms with Gasteiger partial charge in [0.1, 0.15) is 11.8 Å². The summed E-state index contributed by atoms with van der Waals surface area (Å²) < 4.78 is 5.22. The van der Waals surface area contributed by atoms with Gasteiger partial charge in [-0.2, -0.15) is 5.26 Å². The van der Waals surface area contributed by atoms with Crippen molar-refractivity contribution < 1.29 is 14.6 Å². The number of ether oxygens (including phenoxy) is 1. The number of nitrogens with zero attached hydrogens (tertiary/aromatic N) is 2. The van der Waals surface area contributed by atoms with Crippen LogP contribution in [0.1, 0.15) is 31.7 Å². The third-order valence-electron chi connectivity index (χ3n) is 4.52. The van der Waals surface area contributed by atoms with E-state index in [4.69, 9.17) is 4.74 Å². The molecule has 5 heteroatoms. The number of piperidine rings is 1. The van der Waals surface area contributed by atoms with Gasteiger partial charge in [-0.15, -0.1) is 0 Å². The van der Waals surface area contributed by atoms with Gasteiger partial charge >= 0.3 is 5.97 Å². The Labute approximate surface area is 124 Å². The summed E-state index contributed by atoms with van der Waals surface area (Å²) in [7, 11) is 1.59. The van der Waals surface area contributed by atoms with Gasteiger partial charge < -0.3 is 14.7 Å². The second kappa shape index (κ2) is 6.04. The Balaban J connectivity index is 2.23. The van der Waals surface area contributed by atoms with Crippen LogP contribution in [0.2, 0.25) is 0 Å². The highest BCUT2D eigenvalue weighted by Gasteiger charge is 2.40. The summed E-state index contributed by atoms with van der Waals surface area (Å²) in [4.78, 5) is 13.6. The Morgan fingerprint density at radius 2 is 2.14 bits per heavy atom. The third kappa shape index (κ3) is 2.80. The fourth-order valence-corrected chi connectivity index (χ4v) is 2.89. The molecule has 1 aliphatic heterocycles. The van der Waals surface area contributed by atoms with Crippen molar-refractivity contribution in [2.45, 2.75) is 26.2 Å². The maximum atomic E-state index is 11.5. The van der Waals surface area contributed by atoms with Crippen LogP contribution < -0.4 is 9.64 Å². The first-order valence-electron chi connectivity index (χ1n) is 7.13. The van der Waals surface area contributed by atoms with Crippen molar-refractivity contribution in [2.75, 3.05) is 25.1 Å². The molecule has 1 fully saturated rings. The second-order valence-electron chi connectivity index (χ2n) is 5.42. The molecule has 1 aromatic rings. The average molecular weight is 288 g/mol. The normalized spacial score (nSPS) is 17.1. The Morgan fingerprint density at radius 1 is 1.48 bits per heavy atom. The van der Waals surface area contributed by atoms with E-state index in [-0.39, 0.29) is 0 Å². The van der Waals surface area contributed by atoms with Gasteiger partial charge in [0.15, 0.2) is 0 Å². The van der Waals surface area contributed by atoms with E-state index in [1.165, 1.54) is 0 Å². The van der Waals surface area contributed by atoms with Gasteiger partial charge in [-0.25, -0.2) is 0 Å². The molecule has 0 aliphatic carbocycles. The Hall–Kier alpha value is -2.22. The third-order valence-corrected chi connectivity index (χ3v) is 4.52. The Morgan fingerprint density at radius 3 is 2.62 bits per heavy atom. The number of hydrogen-bond acceptors (Lipinski definition) is 4. The molecule has 0 spiro atoms. The van der Waals surface area contributed by atoms with Gasteiger partial charge in [-0.05, 0) is 31.4 Å². The van der Waals surface area contributed by atoms with Crippen molar-refractivity contribution in [3.05, 3.63) is 23.8 Å². The maximum Gasteiger partial charge on any atom is 0.309 e. The molecule has 0 amide bonds. The number of carboxylic acids is 1. The van der Waals surface area contributed by atoms with Crippen molar-refractivity contribution in [3.8, 4) is 11.8 Å². The van der Waals surface area contributed by atoms with E-state index >= 15 is 0 Å². The van der Waals surface area contributed by atoms with Gasteiger partial charge in [-0.3, -0.25) is 4.79 Å². The van der Waals surface area contributed by atoms with Gasteiger partial charge in [0.05, 0.1) is 23.8 Å². The molecular weight excluding hydrogens is 268 g/mol. The zero-order chi connectivity index (χ0) is 15.5. The van der Waals surface area contributed by atoms with Crippen LogP contribution in [0.3, 0.4) is 0 Å². The average Bonchev–Trinajstić information content (AvgIpc) is 2.54. The fourth-order valence-electron chi connectivity index (χ4n) is 2.89. The maximum absolute atomic E-state index is 11.5. The molecule has 2 rings (SSSR count). The summed E-state index contributed by atoms with van der Waals surface area (Å²) in [6.45, 7) is 3.21. The lowest BCUT2D eigenvalue weighted by Gasteiger charge is -2.39. The molecule has 0 radical (unpaired) electrons. The van der Waals surface area contributed by atoms with Crippen molar-refractivity contribution in [3.63, 3.8) is 0 Å². The van der Waals surface area contributed by atoms with Crippen LogP contribution in [0.15, 0.2) is 18.2 Å². The van der Waals surface area contributed by atoms with Crippen LogP contribution in [0.25, 0.3) is 0 Å². The SMILES string of the molecule is CCC1(C(=O)O)CCN(c2cc(OC)ccc2C#N)CC1. The number of nitriles is 1. The molecule has 0 bridgehead atoms. The monoisotopic (exact) mass is 288 g/mol. The van der Waals surface area contributed by atoms with Crippen molar-refractivity contribution in [2.24, 2.45) is 5.41 Å². The van der Waals surface area contributed by atoms with Crippen molar-refractivity contribution in [1.82, 2.24) is 0 Å². The van der Waals surface area contributed by atoms with Gasteiger partial charge in [0, 0.05) is 19.2 Å². The van der Waals surface area contributed by atoms with Crippen LogP contribution in [-0.4, -0.2) is 31.3 Å². The number of anilines is 1. The number of carboxylic acid groups (broad SMARTS) is 1. The minimum atomic E-state index is -0.712. The van der Waals surface area contributed by atoms with Crippen molar-refractivity contribution in [1.29, 1.82) is 5.26 Å². The minimum Gasteiger partial charge on any atom is -0.497 e. The molecule has 5 nitrogen and oxygen atoms in total. The minimum absolute atomic E-state index is 0.593. The van der Waals surface area contributed by atoms with E-state index in [0.29, 0.717) is 43.7 Å². The predicted octanol–water partition coefficient (Wildman–Crippen LogP) is 2.65. The molecule has 21 heavy (non-hydrogen) atoms. The number of carbonyl (C=O) groups is 1. The number of hydrogen-bond donors (Lipinski definition) is 1. The number of methoxy groups -OCH3 is 1. The molecule has 1 N–H and O–H groups in total. The van der Waals surface area contributed by atoms with Gasteiger partial charge in [0.25, 0.3) is 0 Å². The molecule has 0 aromatic heterocycles. The topological polar surface area (TPSA) is 73.6 Å². The largest absolute Gasteiger partial charge is 0.497 e. The summed E-state index contributed by atoms with van der Waals surface area (Å²) in [6.07, 6.45) is 1.83. The van der Waals surface area contributed by atoms with E-state index in [1.54, 1.807) is 19.2 Å². The molecular formula is C16H20N2O3. The Bertz CT molecular complexity index is 569. The van der Waals surface area contributed by atoms with E-state index < -0.39 is 11.4 Å². The molecule has 0 atom stereocenters. The zero-order valence-corrected chi connectivity index (χ0v) is 12.4. The van der Waals surface area contributed by atoms with Crippen molar-refractivity contribution >= 4 is 11.7 Å². The molecule has 112 valence electrons. The zero-order valence-electron chi connectivity index (χ0n) is 12.4. The van der Waals surface area contributed by atoms with E-state index in [9.17, 15) is 15.2 Å². The molecule has 1 saturated heterocycles. The summed E-state index contributed by atoms with van der Waals surface area (Å²) >= 11 is 0. The van der Waals surface area contributed by atoms with Crippen LogP contribution in [0, 0.1) is 16.7 Å². The highest BCUT2D eigenvalue weighted by molar-refractivity contribution is 5.75. The first kappa shape index (κ1) is 15.2. The number of aliphatic carboxylic acids is 1. The molecule has 0 unspecified atom stereocenters. The lowest BCUT2D eigenvalue weighted by molar-refractivity contribution is -0.150. The van der Waals surface area contributed by atoms with E-state index in [2.05, 4.69) is 11.0 Å². The summed E-state index contributed by atoms with van der Waals surface area (Å²) in [5.41, 5.74) is 0.796. The second-order valence-corrected chi connectivity index (χ2v) is 5.42. The lowest BCUT2D eigenvalue weighted by atomic mass is 9.76. The van der Waals surface area contributed by atoms with Gasteiger partial charge in [0.2, 0.25) is 0 Å². The Kier molecular flexibility index (Phi) is 4.37. The molecule has 1 heterocycles. The summed E-state index contributed by atoms with van der Waals surface area (Å²) in [6, 6.07) is 7.54. The fraction of sp³-hybridized carbons (Fsp3) is 0.500. The quantitative estimate of drug-likeness (QED) is 0.922. The van der Waals surface area contributed by atoms with Gasteiger partial charge in [-0.1, -0.05) is 6.92 Å². The number of benzene rings is 1. The van der Waals surface area contributed by atoms with E-state index in [1.807, 2.05) is 13.0 Å². The lowest BCUT2D eigenvalue weighted by Crippen LogP contribution is -2.44. The molecule has 0 saturated carbocycles. The van der Waals surface area contributed by atoms with Crippen LogP contribution in [0.5, 0.6) is 5.75 Å².